The number of hydrogen-bond acceptors (Lipinski definition) is 11. The second-order valence-electron chi connectivity index (χ2n) is 11.9. The van der Waals surface area contributed by atoms with Crippen LogP contribution in [0.2, 0.25) is 0 Å². The molecule has 0 aromatic carbocycles. The van der Waals surface area contributed by atoms with Crippen LogP contribution in [0.3, 0.4) is 0 Å². The van der Waals surface area contributed by atoms with Gasteiger partial charge in [-0.3, -0.25) is 14.4 Å². The van der Waals surface area contributed by atoms with Gasteiger partial charge in [-0.15, -0.1) is 0 Å². The summed E-state index contributed by atoms with van der Waals surface area (Å²) in [5.74, 6) is -3.34. The third kappa shape index (κ3) is 4.54. The van der Waals surface area contributed by atoms with Gasteiger partial charge < -0.3 is 39.8 Å². The molecule has 3 unspecified atom stereocenters. The SMILES string of the molecule is C[C@]12C=CC(=O)C=C1CCC1C2C(=O)C[C@@]2(C)C1CC[C@]2(O)C(=O)CO[C@@H]1O[C@H](C(=O)[O-])[C@@H](O)[C@H](O)[C@H]1O.[Na+]. The molecule has 208 valence electrons. The standard InChI is InChI=1S/C27H34O11.Na/c1-25-7-5-13(28)9-12(25)3-4-14-15-6-8-27(36,26(15,2)10-16(29)18(14)25)17(30)11-37-24-21(33)19(31)20(32)22(38-24)23(34)35;/h5,7,9,14-15,18-22,24,31-33,36H,3-4,6,8,10-11H2,1-2H3,(H,34,35);/q;+1/p-1/t14?,15?,18?,19-,20-,21+,22-,24+,25-,26-,27-;/m0./s1. The second-order valence-corrected chi connectivity index (χ2v) is 11.9. The van der Waals surface area contributed by atoms with Gasteiger partial charge in [0.1, 0.15) is 42.4 Å². The third-order valence-electron chi connectivity index (χ3n) is 10.1. The molecule has 0 bridgehead atoms. The largest absolute Gasteiger partial charge is 1.00 e. The number of aliphatic carboxylic acids is 1. The minimum Gasteiger partial charge on any atom is -0.547 e. The molecule has 4 aliphatic carbocycles. The number of aliphatic hydroxyl groups excluding tert-OH is 3. The molecule has 0 spiro atoms. The van der Waals surface area contributed by atoms with E-state index in [1.807, 2.05) is 13.0 Å². The van der Waals surface area contributed by atoms with Gasteiger partial charge in [-0.1, -0.05) is 25.5 Å². The fourth-order valence-corrected chi connectivity index (χ4v) is 7.95. The first-order valence-corrected chi connectivity index (χ1v) is 13.0. The topological polar surface area (TPSA) is 191 Å². The van der Waals surface area contributed by atoms with Crippen molar-refractivity contribution in [2.75, 3.05) is 6.61 Å². The maximum atomic E-state index is 13.7. The summed E-state index contributed by atoms with van der Waals surface area (Å²) < 4.78 is 10.3. The van der Waals surface area contributed by atoms with Crippen LogP contribution in [0.15, 0.2) is 23.8 Å². The summed E-state index contributed by atoms with van der Waals surface area (Å²) in [6.07, 6.45) is -2.69. The molecule has 1 heterocycles. The van der Waals surface area contributed by atoms with Crippen molar-refractivity contribution in [3.05, 3.63) is 23.8 Å². The number of Topliss-reactive ketones (excluding diaryl/α,β-unsaturated/α-hetero) is 2. The number of fused-ring (bicyclic) bond motifs is 5. The van der Waals surface area contributed by atoms with E-state index < -0.39 is 65.5 Å². The van der Waals surface area contributed by atoms with Crippen LogP contribution in [0.4, 0.5) is 0 Å². The molecule has 4 N–H and O–H groups in total. The van der Waals surface area contributed by atoms with Crippen molar-refractivity contribution in [3.8, 4) is 0 Å². The van der Waals surface area contributed by atoms with E-state index in [4.69, 9.17) is 9.47 Å². The van der Waals surface area contributed by atoms with Crippen LogP contribution in [-0.2, 0) is 28.7 Å². The Morgan fingerprint density at radius 3 is 2.49 bits per heavy atom. The second kappa shape index (κ2) is 10.5. The first kappa shape index (κ1) is 30.7. The van der Waals surface area contributed by atoms with E-state index in [1.54, 1.807) is 13.0 Å². The van der Waals surface area contributed by atoms with E-state index in [2.05, 4.69) is 0 Å². The summed E-state index contributed by atoms with van der Waals surface area (Å²) in [6.45, 7) is 2.93. The first-order valence-electron chi connectivity index (χ1n) is 13.0. The van der Waals surface area contributed by atoms with Gasteiger partial charge in [0, 0.05) is 23.2 Å². The quantitative estimate of drug-likeness (QED) is 0.238. The molecular formula is C27H33NaO11. The van der Waals surface area contributed by atoms with Crippen LogP contribution in [0, 0.1) is 28.6 Å². The zero-order valence-corrected chi connectivity index (χ0v) is 24.2. The number of ether oxygens (including phenoxy) is 2. The monoisotopic (exact) mass is 556 g/mol. The zero-order chi connectivity index (χ0) is 27.8. The van der Waals surface area contributed by atoms with Gasteiger partial charge in [-0.05, 0) is 49.7 Å². The van der Waals surface area contributed by atoms with Crippen LogP contribution in [0.5, 0.6) is 0 Å². The first-order chi connectivity index (χ1) is 17.7. The predicted octanol–water partition coefficient (Wildman–Crippen LogP) is -4.65. The van der Waals surface area contributed by atoms with E-state index in [0.29, 0.717) is 19.3 Å². The van der Waals surface area contributed by atoms with Crippen molar-refractivity contribution in [1.29, 1.82) is 0 Å². The predicted molar refractivity (Wildman–Crippen MR) is 125 cm³/mol. The van der Waals surface area contributed by atoms with Crippen LogP contribution in [0.25, 0.3) is 0 Å². The number of carboxylic acids is 1. The average molecular weight is 557 g/mol. The maximum absolute atomic E-state index is 13.7. The summed E-state index contributed by atoms with van der Waals surface area (Å²) >= 11 is 0. The molecule has 5 rings (SSSR count). The summed E-state index contributed by atoms with van der Waals surface area (Å²) in [5.41, 5.74) is -2.64. The molecule has 0 amide bonds. The van der Waals surface area contributed by atoms with Gasteiger partial charge >= 0.3 is 29.6 Å². The van der Waals surface area contributed by atoms with Crippen LogP contribution in [-0.4, -0.2) is 86.7 Å². The Balaban J connectivity index is 0.00000353. The molecular weight excluding hydrogens is 523 g/mol. The molecule has 3 saturated carbocycles. The number of ketones is 3. The minimum atomic E-state index is -1.99. The van der Waals surface area contributed by atoms with E-state index >= 15 is 0 Å². The van der Waals surface area contributed by atoms with Crippen molar-refractivity contribution in [3.63, 3.8) is 0 Å². The van der Waals surface area contributed by atoms with Crippen molar-refractivity contribution >= 4 is 23.3 Å². The number of aliphatic hydroxyl groups is 4. The number of carbonyl (C=O) groups is 4. The van der Waals surface area contributed by atoms with E-state index in [9.17, 15) is 44.7 Å². The molecule has 11 nitrogen and oxygen atoms in total. The van der Waals surface area contributed by atoms with Gasteiger partial charge in [0.2, 0.25) is 0 Å². The molecule has 0 aromatic rings. The zero-order valence-electron chi connectivity index (χ0n) is 22.2. The van der Waals surface area contributed by atoms with Gasteiger partial charge in [0.25, 0.3) is 0 Å². The van der Waals surface area contributed by atoms with E-state index in [-0.39, 0.29) is 71.7 Å². The van der Waals surface area contributed by atoms with E-state index in [0.717, 1.165) is 5.57 Å². The van der Waals surface area contributed by atoms with Gasteiger partial charge in [0.15, 0.2) is 17.9 Å². The molecule has 5 aliphatic rings. The third-order valence-corrected chi connectivity index (χ3v) is 10.1. The number of rotatable bonds is 5. The van der Waals surface area contributed by atoms with Crippen molar-refractivity contribution in [2.24, 2.45) is 28.6 Å². The van der Waals surface area contributed by atoms with Crippen molar-refractivity contribution in [1.82, 2.24) is 0 Å². The Morgan fingerprint density at radius 2 is 1.82 bits per heavy atom. The summed E-state index contributed by atoms with van der Waals surface area (Å²) in [5, 5.41) is 52.9. The molecule has 12 heteroatoms. The maximum Gasteiger partial charge on any atom is 1.00 e. The fourth-order valence-electron chi connectivity index (χ4n) is 7.95. The average Bonchev–Trinajstić information content (AvgIpc) is 3.13. The van der Waals surface area contributed by atoms with Crippen molar-refractivity contribution < 1.29 is 83.7 Å². The van der Waals surface area contributed by atoms with Crippen LogP contribution in [0.1, 0.15) is 46.0 Å². The van der Waals surface area contributed by atoms with E-state index in [1.165, 1.54) is 6.08 Å². The molecule has 1 saturated heterocycles. The molecule has 11 atom stereocenters. The number of carboxylic acid groups (broad SMARTS) is 1. The fraction of sp³-hybridized carbons (Fsp3) is 0.704. The van der Waals surface area contributed by atoms with Crippen molar-refractivity contribution in [2.45, 2.75) is 82.3 Å². The Hall–Kier alpha value is -1.28. The Bertz CT molecular complexity index is 1130. The van der Waals surface area contributed by atoms with Crippen LogP contribution < -0.4 is 34.7 Å². The van der Waals surface area contributed by atoms with Gasteiger partial charge in [-0.25, -0.2) is 0 Å². The molecule has 4 fully saturated rings. The normalized spacial score (nSPS) is 46.9. The Kier molecular flexibility index (Phi) is 8.28. The summed E-state index contributed by atoms with van der Waals surface area (Å²) in [6, 6.07) is 0. The number of allylic oxidation sites excluding steroid dienone is 4. The number of carbonyl (C=O) groups excluding carboxylic acids is 4. The van der Waals surface area contributed by atoms with Crippen LogP contribution >= 0.6 is 0 Å². The Morgan fingerprint density at radius 1 is 1.13 bits per heavy atom. The molecule has 39 heavy (non-hydrogen) atoms. The van der Waals surface area contributed by atoms with Gasteiger partial charge in [-0.2, -0.15) is 0 Å². The molecule has 0 radical (unpaired) electrons. The summed E-state index contributed by atoms with van der Waals surface area (Å²) in [7, 11) is 0. The molecule has 1 aliphatic heterocycles. The Labute approximate surface area is 247 Å². The van der Waals surface area contributed by atoms with Gasteiger partial charge in [0.05, 0.1) is 5.97 Å². The summed E-state index contributed by atoms with van der Waals surface area (Å²) in [4.78, 5) is 50.3. The number of hydrogen-bond donors (Lipinski definition) is 4. The molecule has 0 aromatic heterocycles. The minimum absolute atomic E-state index is 0. The smallest absolute Gasteiger partial charge is 0.547 e.